The second-order valence-corrected chi connectivity index (χ2v) is 11.6. The number of thioether (sulfide) groups is 1. The van der Waals surface area contributed by atoms with Crippen LogP contribution in [-0.2, 0) is 14.3 Å². The number of amides is 4. The van der Waals surface area contributed by atoms with Crippen molar-refractivity contribution < 1.29 is 23.9 Å². The number of para-hydroxylation sites is 1. The molecule has 0 aliphatic carbocycles. The normalized spacial score (nSPS) is 22.7. The number of pyridine rings is 1. The van der Waals surface area contributed by atoms with Crippen LogP contribution in [0.15, 0.2) is 78.5 Å². The monoisotopic (exact) mass is 585 g/mol. The molecule has 216 valence electrons. The smallest absolute Gasteiger partial charge is 0.327 e. The molecule has 1 fully saturated rings. The van der Waals surface area contributed by atoms with Crippen LogP contribution in [0.1, 0.15) is 23.6 Å². The summed E-state index contributed by atoms with van der Waals surface area (Å²) in [5.74, 6) is 0.954. The zero-order chi connectivity index (χ0) is 29.4. The van der Waals surface area contributed by atoms with E-state index in [9.17, 15) is 14.4 Å². The van der Waals surface area contributed by atoms with Crippen molar-refractivity contribution in [2.75, 3.05) is 25.1 Å². The van der Waals surface area contributed by atoms with E-state index in [4.69, 9.17) is 9.47 Å². The quantitative estimate of drug-likeness (QED) is 0.393. The molecular weight excluding hydrogens is 554 g/mol. The lowest BCUT2D eigenvalue weighted by Gasteiger charge is -2.38. The summed E-state index contributed by atoms with van der Waals surface area (Å²) < 4.78 is 11.5. The third-order valence-electron chi connectivity index (χ3n) is 7.73. The third kappa shape index (κ3) is 5.21. The van der Waals surface area contributed by atoms with Crippen LogP contribution >= 0.6 is 11.8 Å². The minimum Gasteiger partial charge on any atom is -0.457 e. The molecule has 0 radical (unpaired) electrons. The average Bonchev–Trinajstić information content (AvgIpc) is 3.37. The number of urea groups is 1. The van der Waals surface area contributed by atoms with E-state index >= 15 is 0 Å². The number of anilines is 2. The first-order chi connectivity index (χ1) is 20.4. The number of piperidine rings is 1. The first-order valence-corrected chi connectivity index (χ1v) is 14.6. The van der Waals surface area contributed by atoms with Crippen molar-refractivity contribution in [3.8, 4) is 11.5 Å². The van der Waals surface area contributed by atoms with Gasteiger partial charge in [0, 0.05) is 38.0 Å². The van der Waals surface area contributed by atoms with Gasteiger partial charge in [0.1, 0.15) is 21.8 Å². The van der Waals surface area contributed by atoms with Gasteiger partial charge < -0.3 is 25.0 Å². The fourth-order valence-corrected chi connectivity index (χ4v) is 6.99. The number of ether oxygens (including phenoxy) is 2. The standard InChI is InChI=1S/C31H31N5O5S/c1-4-25(37)35-16-19(15-22(17-35)40-3)33-29(38)28-27-26-24(12-13-32-30(26)42-28)36(31(39)34-27)23-11-10-21(14-18(23)2)41-20-8-6-5-7-9-20/h4-14,19,22,27-28H,1,15-17H2,2-3H3,(H,33,38)(H,34,39)/t19-,22-,27?,28?/m1/s1. The van der Waals surface area contributed by atoms with Crippen LogP contribution < -0.4 is 20.3 Å². The van der Waals surface area contributed by atoms with E-state index in [1.807, 2.05) is 61.5 Å². The highest BCUT2D eigenvalue weighted by molar-refractivity contribution is 8.01. The molecule has 4 amide bonds. The summed E-state index contributed by atoms with van der Waals surface area (Å²) in [6.07, 6.45) is 3.30. The van der Waals surface area contributed by atoms with Gasteiger partial charge in [-0.15, -0.1) is 0 Å². The first kappa shape index (κ1) is 27.8. The predicted octanol–water partition coefficient (Wildman–Crippen LogP) is 4.48. The Hall–Kier alpha value is -4.35. The van der Waals surface area contributed by atoms with Gasteiger partial charge in [-0.1, -0.05) is 36.5 Å². The van der Waals surface area contributed by atoms with Gasteiger partial charge in [0.15, 0.2) is 0 Å². The highest BCUT2D eigenvalue weighted by atomic mass is 32.2. The summed E-state index contributed by atoms with van der Waals surface area (Å²) >= 11 is 1.33. The van der Waals surface area contributed by atoms with E-state index in [2.05, 4.69) is 22.2 Å². The number of hydrogen-bond donors (Lipinski definition) is 2. The van der Waals surface area contributed by atoms with Gasteiger partial charge in [0.25, 0.3) is 0 Å². The second-order valence-electron chi connectivity index (χ2n) is 10.5. The van der Waals surface area contributed by atoms with Crippen molar-refractivity contribution in [2.45, 2.75) is 41.8 Å². The Balaban J connectivity index is 1.23. The van der Waals surface area contributed by atoms with E-state index in [-0.39, 0.29) is 30.0 Å². The van der Waals surface area contributed by atoms with Gasteiger partial charge in [-0.2, -0.15) is 0 Å². The molecule has 3 aliphatic rings. The highest BCUT2D eigenvalue weighted by Crippen LogP contribution is 2.51. The summed E-state index contributed by atoms with van der Waals surface area (Å²) in [6, 6.07) is 15.7. The van der Waals surface area contributed by atoms with Gasteiger partial charge >= 0.3 is 6.03 Å². The number of nitrogens with zero attached hydrogens (tertiary/aromatic N) is 3. The highest BCUT2D eigenvalue weighted by Gasteiger charge is 2.47. The maximum Gasteiger partial charge on any atom is 0.327 e. The summed E-state index contributed by atoms with van der Waals surface area (Å²) in [5.41, 5.74) is 3.06. The molecular formula is C31H31N5O5S. The molecule has 0 bridgehead atoms. The van der Waals surface area contributed by atoms with Gasteiger partial charge in [-0.3, -0.25) is 14.5 Å². The molecule has 2 N–H and O–H groups in total. The van der Waals surface area contributed by atoms with Crippen molar-refractivity contribution in [1.29, 1.82) is 0 Å². The van der Waals surface area contributed by atoms with Crippen molar-refractivity contribution >= 4 is 41.0 Å². The van der Waals surface area contributed by atoms with E-state index in [1.165, 1.54) is 17.8 Å². The molecule has 1 aromatic heterocycles. The Kier molecular flexibility index (Phi) is 7.61. The molecule has 10 nitrogen and oxygen atoms in total. The lowest BCUT2D eigenvalue weighted by Crippen LogP contribution is -2.56. The van der Waals surface area contributed by atoms with E-state index in [0.717, 1.165) is 16.9 Å². The Labute approximate surface area is 248 Å². The number of benzene rings is 2. The lowest BCUT2D eigenvalue weighted by molar-refractivity contribution is -0.132. The Bertz CT molecular complexity index is 1550. The van der Waals surface area contributed by atoms with Crippen molar-refractivity contribution in [3.05, 3.63) is 84.6 Å². The summed E-state index contributed by atoms with van der Waals surface area (Å²) in [7, 11) is 1.59. The summed E-state index contributed by atoms with van der Waals surface area (Å²) in [6.45, 7) is 6.31. The zero-order valence-electron chi connectivity index (χ0n) is 23.3. The number of hydrogen-bond acceptors (Lipinski definition) is 7. The van der Waals surface area contributed by atoms with Gasteiger partial charge in [0.05, 0.1) is 23.5 Å². The van der Waals surface area contributed by atoms with Crippen LogP contribution in [0.4, 0.5) is 16.2 Å². The number of rotatable bonds is 7. The number of nitrogens with one attached hydrogen (secondary N) is 2. The Morgan fingerprint density at radius 1 is 1.12 bits per heavy atom. The molecule has 0 saturated carbocycles. The predicted molar refractivity (Wildman–Crippen MR) is 159 cm³/mol. The van der Waals surface area contributed by atoms with Crippen LogP contribution in [0.5, 0.6) is 11.5 Å². The van der Waals surface area contributed by atoms with E-state index in [1.54, 1.807) is 23.1 Å². The molecule has 4 heterocycles. The number of aromatic nitrogens is 1. The summed E-state index contributed by atoms with van der Waals surface area (Å²) in [5, 5.41) is 6.24. The van der Waals surface area contributed by atoms with Gasteiger partial charge in [0.2, 0.25) is 11.8 Å². The number of aryl methyl sites for hydroxylation is 1. The van der Waals surface area contributed by atoms with Crippen molar-refractivity contribution in [1.82, 2.24) is 20.5 Å². The van der Waals surface area contributed by atoms with Crippen LogP contribution in [0, 0.1) is 6.92 Å². The number of carbonyl (C=O) groups is 3. The molecule has 2 aromatic carbocycles. The maximum absolute atomic E-state index is 13.6. The minimum atomic E-state index is -0.617. The molecule has 42 heavy (non-hydrogen) atoms. The van der Waals surface area contributed by atoms with E-state index in [0.29, 0.717) is 41.7 Å². The molecule has 0 spiro atoms. The largest absolute Gasteiger partial charge is 0.457 e. The van der Waals surface area contributed by atoms with Crippen LogP contribution in [0.3, 0.4) is 0 Å². The Morgan fingerprint density at radius 3 is 2.67 bits per heavy atom. The molecule has 3 aliphatic heterocycles. The number of likely N-dealkylation sites (tertiary alicyclic amines) is 1. The topological polar surface area (TPSA) is 113 Å². The SMILES string of the molecule is C=CC(=O)N1C[C@H](NC(=O)C2Sc3nccc4c3C2NC(=O)N4c2ccc(Oc3ccccc3)cc2C)C[C@@H](OC)C1. The van der Waals surface area contributed by atoms with Crippen LogP contribution in [0.2, 0.25) is 0 Å². The molecule has 1 saturated heterocycles. The third-order valence-corrected chi connectivity index (χ3v) is 9.02. The average molecular weight is 586 g/mol. The molecule has 6 rings (SSSR count). The minimum absolute atomic E-state index is 0.203. The zero-order valence-corrected chi connectivity index (χ0v) is 24.1. The van der Waals surface area contributed by atoms with Crippen molar-refractivity contribution in [2.24, 2.45) is 0 Å². The molecule has 11 heteroatoms. The molecule has 3 aromatic rings. The fourth-order valence-electron chi connectivity index (χ4n) is 5.75. The van der Waals surface area contributed by atoms with Gasteiger partial charge in [-0.05, 0) is 61.4 Å². The second kappa shape index (κ2) is 11.5. The van der Waals surface area contributed by atoms with Gasteiger partial charge in [-0.25, -0.2) is 9.78 Å². The number of methoxy groups -OCH3 is 1. The fraction of sp³-hybridized carbons (Fsp3) is 0.290. The van der Waals surface area contributed by atoms with Crippen LogP contribution in [0.25, 0.3) is 0 Å². The molecule has 4 atom stereocenters. The van der Waals surface area contributed by atoms with Crippen LogP contribution in [-0.4, -0.2) is 65.3 Å². The van der Waals surface area contributed by atoms with E-state index < -0.39 is 11.3 Å². The maximum atomic E-state index is 13.6. The first-order valence-electron chi connectivity index (χ1n) is 13.7. The Morgan fingerprint density at radius 2 is 1.93 bits per heavy atom. The molecule has 2 unspecified atom stereocenters. The summed E-state index contributed by atoms with van der Waals surface area (Å²) in [4.78, 5) is 47.3. The van der Waals surface area contributed by atoms with Crippen molar-refractivity contribution in [3.63, 3.8) is 0 Å². The lowest BCUT2D eigenvalue weighted by atomic mass is 9.98. The number of carbonyl (C=O) groups excluding carboxylic acids is 3.